The molecule has 0 saturated heterocycles. The minimum atomic E-state index is -0.688. The molecule has 0 aromatic heterocycles. The first-order valence-corrected chi connectivity index (χ1v) is 8.33. The first-order chi connectivity index (χ1) is 12.9. The number of phenolic OH excluding ortho intramolecular Hbond substituents is 1. The van der Waals surface area contributed by atoms with Crippen molar-refractivity contribution in [1.82, 2.24) is 5.43 Å². The van der Waals surface area contributed by atoms with Crippen molar-refractivity contribution in [3.8, 4) is 11.5 Å². The third-order valence-electron chi connectivity index (χ3n) is 3.93. The lowest BCUT2D eigenvalue weighted by atomic mass is 10.1. The highest BCUT2D eigenvalue weighted by atomic mass is 16.6. The second-order valence-electron chi connectivity index (χ2n) is 5.96. The number of nitro groups is 1. The Kier molecular flexibility index (Phi) is 6.87. The molecule has 0 saturated carbocycles. The van der Waals surface area contributed by atoms with Gasteiger partial charge in [0.15, 0.2) is 5.75 Å². The highest BCUT2D eigenvalue weighted by Crippen LogP contribution is 2.25. The van der Waals surface area contributed by atoms with Crippen LogP contribution in [0.2, 0.25) is 0 Å². The summed E-state index contributed by atoms with van der Waals surface area (Å²) in [6.07, 6.45) is 3.01. The SMILES string of the molecule is COc1ccc(CCCC(=O)N/N=C\c2ccc(O)c([N+](=O)[O-])c2)cc1C. The van der Waals surface area contributed by atoms with Crippen LogP contribution in [0.25, 0.3) is 0 Å². The van der Waals surface area contributed by atoms with E-state index < -0.39 is 16.4 Å². The molecule has 0 unspecified atom stereocenters. The number of nitrogens with zero attached hydrogens (tertiary/aromatic N) is 2. The monoisotopic (exact) mass is 371 g/mol. The molecular formula is C19H21N3O5. The summed E-state index contributed by atoms with van der Waals surface area (Å²) in [6.45, 7) is 1.97. The number of carbonyl (C=O) groups is 1. The Labute approximate surface area is 156 Å². The molecule has 2 rings (SSSR count). The maximum atomic E-state index is 11.8. The Balaban J connectivity index is 1.81. The van der Waals surface area contributed by atoms with Crippen molar-refractivity contribution in [2.45, 2.75) is 26.2 Å². The smallest absolute Gasteiger partial charge is 0.311 e. The van der Waals surface area contributed by atoms with Crippen molar-refractivity contribution in [2.24, 2.45) is 5.10 Å². The normalized spacial score (nSPS) is 10.7. The van der Waals surface area contributed by atoms with E-state index in [-0.39, 0.29) is 5.91 Å². The summed E-state index contributed by atoms with van der Waals surface area (Å²) >= 11 is 0. The molecule has 8 nitrogen and oxygen atoms in total. The van der Waals surface area contributed by atoms with Crippen molar-refractivity contribution in [2.75, 3.05) is 7.11 Å². The van der Waals surface area contributed by atoms with Crippen molar-refractivity contribution in [1.29, 1.82) is 0 Å². The van der Waals surface area contributed by atoms with Gasteiger partial charge in [0.05, 0.1) is 18.2 Å². The number of methoxy groups -OCH3 is 1. The topological polar surface area (TPSA) is 114 Å². The molecule has 27 heavy (non-hydrogen) atoms. The van der Waals surface area contributed by atoms with Gasteiger partial charge >= 0.3 is 5.69 Å². The van der Waals surface area contributed by atoms with Crippen LogP contribution in [0.5, 0.6) is 11.5 Å². The summed E-state index contributed by atoms with van der Waals surface area (Å²) in [7, 11) is 1.63. The average Bonchev–Trinajstić information content (AvgIpc) is 2.63. The van der Waals surface area contributed by atoms with Crippen LogP contribution in [0.15, 0.2) is 41.5 Å². The van der Waals surface area contributed by atoms with Gasteiger partial charge in [-0.1, -0.05) is 12.1 Å². The molecule has 142 valence electrons. The van der Waals surface area contributed by atoms with Crippen LogP contribution in [-0.4, -0.2) is 29.3 Å². The largest absolute Gasteiger partial charge is 0.502 e. The molecule has 2 N–H and O–H groups in total. The van der Waals surface area contributed by atoms with E-state index >= 15 is 0 Å². The van der Waals surface area contributed by atoms with E-state index in [4.69, 9.17) is 4.74 Å². The molecule has 8 heteroatoms. The number of phenols is 1. The molecule has 0 atom stereocenters. The van der Waals surface area contributed by atoms with Crippen LogP contribution in [0.1, 0.15) is 29.5 Å². The van der Waals surface area contributed by atoms with Gasteiger partial charge in [-0.05, 0) is 49.1 Å². The second kappa shape index (κ2) is 9.33. The molecular weight excluding hydrogens is 350 g/mol. The number of amides is 1. The van der Waals surface area contributed by atoms with E-state index in [9.17, 15) is 20.0 Å². The fourth-order valence-corrected chi connectivity index (χ4v) is 2.55. The number of ether oxygens (including phenoxy) is 1. The van der Waals surface area contributed by atoms with Gasteiger partial charge in [0, 0.05) is 18.1 Å². The number of hydrazone groups is 1. The fraction of sp³-hybridized carbons (Fsp3) is 0.263. The number of benzene rings is 2. The third-order valence-corrected chi connectivity index (χ3v) is 3.93. The molecule has 2 aromatic carbocycles. The molecule has 0 spiro atoms. The van der Waals surface area contributed by atoms with Gasteiger partial charge in [-0.25, -0.2) is 5.43 Å². The van der Waals surface area contributed by atoms with Gasteiger partial charge in [-0.15, -0.1) is 0 Å². The summed E-state index contributed by atoms with van der Waals surface area (Å²) < 4.78 is 5.22. The number of nitro benzene ring substituents is 1. The number of aromatic hydroxyl groups is 1. The highest BCUT2D eigenvalue weighted by molar-refractivity contribution is 5.83. The Hall–Kier alpha value is -3.42. The number of rotatable bonds is 8. The summed E-state index contributed by atoms with van der Waals surface area (Å²) in [5, 5.41) is 24.0. The van der Waals surface area contributed by atoms with Gasteiger partial charge in [-0.2, -0.15) is 5.10 Å². The quantitative estimate of drug-likeness (QED) is 0.420. The van der Waals surface area contributed by atoms with Crippen LogP contribution in [0, 0.1) is 17.0 Å². The number of aryl methyl sites for hydroxylation is 2. The molecule has 0 radical (unpaired) electrons. The van der Waals surface area contributed by atoms with Gasteiger partial charge in [-0.3, -0.25) is 14.9 Å². The standard InChI is InChI=1S/C19H21N3O5/c1-13-10-14(7-9-18(13)27-2)4-3-5-19(24)21-20-12-15-6-8-17(23)16(11-15)22(25)26/h6-12,23H,3-5H2,1-2H3,(H,21,24)/b20-12-. The molecule has 0 aliphatic carbocycles. The molecule has 1 amide bonds. The maximum Gasteiger partial charge on any atom is 0.311 e. The zero-order chi connectivity index (χ0) is 19.8. The van der Waals surface area contributed by atoms with Gasteiger partial charge < -0.3 is 9.84 Å². The van der Waals surface area contributed by atoms with Gasteiger partial charge in [0.2, 0.25) is 5.91 Å². The van der Waals surface area contributed by atoms with Gasteiger partial charge in [0.1, 0.15) is 5.75 Å². The lowest BCUT2D eigenvalue weighted by Crippen LogP contribution is -2.17. The first kappa shape index (κ1) is 19.9. The Morgan fingerprint density at radius 3 is 2.78 bits per heavy atom. The zero-order valence-corrected chi connectivity index (χ0v) is 15.1. The van der Waals surface area contributed by atoms with Gasteiger partial charge in [0.25, 0.3) is 0 Å². The molecule has 0 heterocycles. The van der Waals surface area contributed by atoms with Crippen molar-refractivity contribution in [3.63, 3.8) is 0 Å². The van der Waals surface area contributed by atoms with E-state index in [1.54, 1.807) is 7.11 Å². The lowest BCUT2D eigenvalue weighted by Gasteiger charge is -2.07. The van der Waals surface area contributed by atoms with Crippen LogP contribution >= 0.6 is 0 Å². The van der Waals surface area contributed by atoms with E-state index in [1.165, 1.54) is 24.4 Å². The number of hydrogen-bond acceptors (Lipinski definition) is 6. The Morgan fingerprint density at radius 1 is 1.33 bits per heavy atom. The first-order valence-electron chi connectivity index (χ1n) is 8.33. The molecule has 0 aliphatic rings. The minimum Gasteiger partial charge on any atom is -0.502 e. The van der Waals surface area contributed by atoms with Crippen molar-refractivity contribution < 1.29 is 19.6 Å². The van der Waals surface area contributed by atoms with E-state index in [0.717, 1.165) is 23.3 Å². The van der Waals surface area contributed by atoms with Crippen LogP contribution in [-0.2, 0) is 11.2 Å². The minimum absolute atomic E-state index is 0.246. The summed E-state index contributed by atoms with van der Waals surface area (Å²) in [5.41, 5.74) is 4.54. The summed E-state index contributed by atoms with van der Waals surface area (Å²) in [4.78, 5) is 21.9. The Morgan fingerprint density at radius 2 is 2.11 bits per heavy atom. The Bertz CT molecular complexity index is 864. The van der Waals surface area contributed by atoms with Crippen molar-refractivity contribution >= 4 is 17.8 Å². The molecule has 0 aliphatic heterocycles. The van der Waals surface area contributed by atoms with Crippen LogP contribution in [0.3, 0.4) is 0 Å². The van der Waals surface area contributed by atoms with Crippen LogP contribution in [0.4, 0.5) is 5.69 Å². The molecule has 0 bridgehead atoms. The number of hydrogen-bond donors (Lipinski definition) is 2. The zero-order valence-electron chi connectivity index (χ0n) is 15.1. The third kappa shape index (κ3) is 5.81. The fourth-order valence-electron chi connectivity index (χ4n) is 2.55. The van der Waals surface area contributed by atoms with Crippen LogP contribution < -0.4 is 10.2 Å². The van der Waals surface area contributed by atoms with E-state index in [0.29, 0.717) is 18.4 Å². The molecule has 0 fully saturated rings. The molecule has 2 aromatic rings. The van der Waals surface area contributed by atoms with E-state index in [1.807, 2.05) is 25.1 Å². The predicted molar refractivity (Wildman–Crippen MR) is 101 cm³/mol. The van der Waals surface area contributed by atoms with E-state index in [2.05, 4.69) is 10.5 Å². The number of nitrogens with one attached hydrogen (secondary N) is 1. The summed E-state index contributed by atoms with van der Waals surface area (Å²) in [5.74, 6) is 0.167. The van der Waals surface area contributed by atoms with Crippen molar-refractivity contribution in [3.05, 3.63) is 63.2 Å². The summed E-state index contributed by atoms with van der Waals surface area (Å²) in [6, 6.07) is 9.76. The maximum absolute atomic E-state index is 11.8. The lowest BCUT2D eigenvalue weighted by molar-refractivity contribution is -0.385. The second-order valence-corrected chi connectivity index (χ2v) is 5.96. The number of carbonyl (C=O) groups excluding carboxylic acids is 1. The predicted octanol–water partition coefficient (Wildman–Crippen LogP) is 3.09. The highest BCUT2D eigenvalue weighted by Gasteiger charge is 2.12. The average molecular weight is 371 g/mol.